The smallest absolute Gasteiger partial charge is 0.344 e. The van der Waals surface area contributed by atoms with Gasteiger partial charge in [0.15, 0.2) is 0 Å². The molecular formula is C23H15ClO2. The van der Waals surface area contributed by atoms with Crippen LogP contribution in [0.1, 0.15) is 0 Å². The maximum Gasteiger partial charge on any atom is 0.344 e. The molecule has 3 heteroatoms. The lowest BCUT2D eigenvalue weighted by atomic mass is 9.95. The number of halogens is 1. The van der Waals surface area contributed by atoms with E-state index in [1.54, 1.807) is 12.1 Å². The molecule has 4 aromatic rings. The molecule has 0 radical (unpaired) electrons. The van der Waals surface area contributed by atoms with E-state index in [0.717, 1.165) is 22.3 Å². The van der Waals surface area contributed by atoms with E-state index in [-0.39, 0.29) is 5.63 Å². The summed E-state index contributed by atoms with van der Waals surface area (Å²) >= 11 is 5.97. The van der Waals surface area contributed by atoms with Crippen molar-refractivity contribution in [2.24, 2.45) is 0 Å². The third-order valence-electron chi connectivity index (χ3n) is 4.23. The predicted octanol–water partition coefficient (Wildman–Crippen LogP) is 6.29. The van der Waals surface area contributed by atoms with Crippen molar-refractivity contribution in [1.82, 2.24) is 0 Å². The third-order valence-corrected chi connectivity index (χ3v) is 4.48. The predicted molar refractivity (Wildman–Crippen MR) is 106 cm³/mol. The second-order valence-electron chi connectivity index (χ2n) is 5.93. The summed E-state index contributed by atoms with van der Waals surface area (Å²) in [4.78, 5) is 12.9. The second kappa shape index (κ2) is 7.03. The Bertz CT molecular complexity index is 1080. The van der Waals surface area contributed by atoms with Gasteiger partial charge in [-0.1, -0.05) is 72.3 Å². The molecule has 3 aromatic carbocycles. The normalized spacial score (nSPS) is 10.7. The molecule has 0 N–H and O–H groups in total. The van der Waals surface area contributed by atoms with Gasteiger partial charge in [0, 0.05) is 16.1 Å². The van der Waals surface area contributed by atoms with Crippen molar-refractivity contribution in [2.45, 2.75) is 0 Å². The first kappa shape index (κ1) is 16.4. The number of hydrogen-bond acceptors (Lipinski definition) is 2. The fraction of sp³-hybridized carbons (Fsp3) is 0. The van der Waals surface area contributed by atoms with Crippen molar-refractivity contribution >= 4 is 11.6 Å². The molecule has 126 valence electrons. The summed E-state index contributed by atoms with van der Waals surface area (Å²) < 4.78 is 5.65. The van der Waals surface area contributed by atoms with Crippen LogP contribution < -0.4 is 5.63 Å². The van der Waals surface area contributed by atoms with Crippen LogP contribution in [0.15, 0.2) is 100 Å². The van der Waals surface area contributed by atoms with E-state index in [4.69, 9.17) is 16.0 Å². The van der Waals surface area contributed by atoms with Crippen LogP contribution >= 0.6 is 11.6 Å². The minimum atomic E-state index is -0.359. The molecule has 0 amide bonds. The lowest BCUT2D eigenvalue weighted by Gasteiger charge is -2.11. The van der Waals surface area contributed by atoms with E-state index in [1.807, 2.05) is 78.9 Å². The van der Waals surface area contributed by atoms with Gasteiger partial charge in [-0.3, -0.25) is 0 Å². The molecule has 0 aliphatic carbocycles. The fourth-order valence-electron chi connectivity index (χ4n) is 2.97. The molecule has 0 aliphatic rings. The molecule has 0 saturated carbocycles. The van der Waals surface area contributed by atoms with Gasteiger partial charge in [-0.2, -0.15) is 0 Å². The minimum Gasteiger partial charge on any atom is -0.422 e. The van der Waals surface area contributed by atoms with Crippen molar-refractivity contribution < 1.29 is 4.42 Å². The van der Waals surface area contributed by atoms with E-state index in [2.05, 4.69) is 0 Å². The zero-order valence-corrected chi connectivity index (χ0v) is 14.6. The fourth-order valence-corrected chi connectivity index (χ4v) is 3.10. The van der Waals surface area contributed by atoms with Crippen molar-refractivity contribution in [1.29, 1.82) is 0 Å². The van der Waals surface area contributed by atoms with Crippen molar-refractivity contribution in [3.63, 3.8) is 0 Å². The molecule has 4 rings (SSSR count). The minimum absolute atomic E-state index is 0.359. The van der Waals surface area contributed by atoms with Crippen molar-refractivity contribution in [3.05, 3.63) is 106 Å². The Morgan fingerprint density at radius 2 is 1.23 bits per heavy atom. The van der Waals surface area contributed by atoms with E-state index in [1.165, 1.54) is 0 Å². The van der Waals surface area contributed by atoms with Crippen LogP contribution in [0.25, 0.3) is 33.6 Å². The molecule has 0 unspecified atom stereocenters. The molecule has 1 aromatic heterocycles. The highest BCUT2D eigenvalue weighted by atomic mass is 35.5. The molecule has 0 saturated heterocycles. The average Bonchev–Trinajstić information content (AvgIpc) is 2.69. The third kappa shape index (κ3) is 3.19. The summed E-state index contributed by atoms with van der Waals surface area (Å²) in [6, 6.07) is 28.6. The van der Waals surface area contributed by atoms with E-state index in [0.29, 0.717) is 16.3 Å². The molecule has 26 heavy (non-hydrogen) atoms. The van der Waals surface area contributed by atoms with Crippen LogP contribution in [0.3, 0.4) is 0 Å². The van der Waals surface area contributed by atoms with Gasteiger partial charge < -0.3 is 4.42 Å². The van der Waals surface area contributed by atoms with E-state index >= 15 is 0 Å². The molecule has 2 nitrogen and oxygen atoms in total. The summed E-state index contributed by atoms with van der Waals surface area (Å²) in [6.07, 6.45) is 0. The summed E-state index contributed by atoms with van der Waals surface area (Å²) in [5.74, 6) is 0.519. The highest BCUT2D eigenvalue weighted by Gasteiger charge is 2.16. The Morgan fingerprint density at radius 3 is 1.85 bits per heavy atom. The lowest BCUT2D eigenvalue weighted by Crippen LogP contribution is -2.06. The summed E-state index contributed by atoms with van der Waals surface area (Å²) in [6.45, 7) is 0. The monoisotopic (exact) mass is 358 g/mol. The molecular weight excluding hydrogens is 344 g/mol. The standard InChI is InChI=1S/C23H15ClO2/c24-19-13-11-17(12-14-19)21-15-20(16-7-3-1-4-8-16)22(23(25)26-21)18-9-5-2-6-10-18/h1-15H. The Kier molecular flexibility index (Phi) is 4.42. The zero-order chi connectivity index (χ0) is 17.9. The Hall–Kier alpha value is -3.10. The van der Waals surface area contributed by atoms with Crippen LogP contribution in [0.4, 0.5) is 0 Å². The first-order valence-corrected chi connectivity index (χ1v) is 8.65. The molecule has 0 aliphatic heterocycles. The van der Waals surface area contributed by atoms with Crippen molar-refractivity contribution in [3.8, 4) is 33.6 Å². The molecule has 1 heterocycles. The van der Waals surface area contributed by atoms with Gasteiger partial charge in [0.05, 0.1) is 5.56 Å². The largest absolute Gasteiger partial charge is 0.422 e. The van der Waals surface area contributed by atoms with Gasteiger partial charge in [0.25, 0.3) is 0 Å². The van der Waals surface area contributed by atoms with Gasteiger partial charge in [-0.25, -0.2) is 4.79 Å². The average molecular weight is 359 g/mol. The first-order valence-electron chi connectivity index (χ1n) is 8.27. The maximum atomic E-state index is 12.9. The summed E-state index contributed by atoms with van der Waals surface area (Å²) in [5.41, 5.74) is 3.66. The van der Waals surface area contributed by atoms with Crippen LogP contribution in [0.5, 0.6) is 0 Å². The van der Waals surface area contributed by atoms with Gasteiger partial charge in [-0.05, 0) is 41.5 Å². The lowest BCUT2D eigenvalue weighted by molar-refractivity contribution is 0.529. The van der Waals surface area contributed by atoms with E-state index < -0.39 is 0 Å². The first-order chi connectivity index (χ1) is 12.7. The van der Waals surface area contributed by atoms with Gasteiger partial charge in [-0.15, -0.1) is 0 Å². The van der Waals surface area contributed by atoms with Gasteiger partial charge in [0.2, 0.25) is 0 Å². The molecule has 0 atom stereocenters. The molecule has 0 bridgehead atoms. The van der Waals surface area contributed by atoms with Crippen LogP contribution in [0.2, 0.25) is 5.02 Å². The molecule has 0 fully saturated rings. The van der Waals surface area contributed by atoms with Gasteiger partial charge >= 0.3 is 5.63 Å². The number of benzene rings is 3. The summed E-state index contributed by atoms with van der Waals surface area (Å²) in [5, 5.41) is 0.639. The summed E-state index contributed by atoms with van der Waals surface area (Å²) in [7, 11) is 0. The highest BCUT2D eigenvalue weighted by Crippen LogP contribution is 2.33. The van der Waals surface area contributed by atoms with Crippen molar-refractivity contribution in [2.75, 3.05) is 0 Å². The quantitative estimate of drug-likeness (QED) is 0.430. The van der Waals surface area contributed by atoms with E-state index in [9.17, 15) is 4.79 Å². The van der Waals surface area contributed by atoms with Crippen LogP contribution in [0, 0.1) is 0 Å². The number of hydrogen-bond donors (Lipinski definition) is 0. The highest BCUT2D eigenvalue weighted by molar-refractivity contribution is 6.30. The SMILES string of the molecule is O=c1oc(-c2ccc(Cl)cc2)cc(-c2ccccc2)c1-c1ccccc1. The second-order valence-corrected chi connectivity index (χ2v) is 6.36. The Labute approximate surface area is 156 Å². The van der Waals surface area contributed by atoms with Crippen LogP contribution in [-0.2, 0) is 0 Å². The maximum absolute atomic E-state index is 12.9. The Morgan fingerprint density at radius 1 is 0.654 bits per heavy atom. The van der Waals surface area contributed by atoms with Crippen LogP contribution in [-0.4, -0.2) is 0 Å². The molecule has 0 spiro atoms. The van der Waals surface area contributed by atoms with Gasteiger partial charge in [0.1, 0.15) is 5.76 Å². The topological polar surface area (TPSA) is 30.2 Å². The number of rotatable bonds is 3. The Balaban J connectivity index is 1.98. The zero-order valence-electron chi connectivity index (χ0n) is 13.9.